The van der Waals surface area contributed by atoms with Crippen molar-refractivity contribution in [3.8, 4) is 0 Å². The Bertz CT molecular complexity index is 475. The van der Waals surface area contributed by atoms with E-state index in [2.05, 4.69) is 58.7 Å². The van der Waals surface area contributed by atoms with Crippen molar-refractivity contribution in [2.24, 2.45) is 0 Å². The van der Waals surface area contributed by atoms with Crippen molar-refractivity contribution in [2.75, 3.05) is 7.05 Å². The Labute approximate surface area is 119 Å². The van der Waals surface area contributed by atoms with Crippen molar-refractivity contribution < 1.29 is 0 Å². The van der Waals surface area contributed by atoms with Crippen LogP contribution in [0, 0.1) is 0 Å². The van der Waals surface area contributed by atoms with Gasteiger partial charge in [0.2, 0.25) is 0 Å². The first-order chi connectivity index (χ1) is 9.22. The number of aromatic nitrogens is 2. The zero-order valence-corrected chi connectivity index (χ0v) is 12.8. The average molecular weight is 277 g/mol. The summed E-state index contributed by atoms with van der Waals surface area (Å²) < 4.78 is 2.08. The van der Waals surface area contributed by atoms with E-state index in [1.54, 1.807) is 0 Å². The molecule has 1 N–H and O–H groups in total. The largest absolute Gasteiger partial charge is 0.316 e. The molecule has 2 atom stereocenters. The normalized spacial score (nSPS) is 14.5. The molecule has 0 saturated carbocycles. The maximum atomic E-state index is 4.68. The topological polar surface area (TPSA) is 29.9 Å². The zero-order chi connectivity index (χ0) is 13.7. The quantitative estimate of drug-likeness (QED) is 0.841. The van der Waals surface area contributed by atoms with E-state index in [-0.39, 0.29) is 0 Å². The molecule has 2 heterocycles. The van der Waals surface area contributed by atoms with E-state index in [1.807, 2.05) is 18.4 Å². The predicted octanol–water partition coefficient (Wildman–Crippen LogP) is 3.29. The number of hydrogen-bond donors (Lipinski definition) is 1. The lowest BCUT2D eigenvalue weighted by molar-refractivity contribution is 0.467. The van der Waals surface area contributed by atoms with E-state index in [9.17, 15) is 0 Å². The lowest BCUT2D eigenvalue weighted by Crippen LogP contribution is -2.29. The lowest BCUT2D eigenvalue weighted by atomic mass is 10.1. The molecule has 0 aliphatic rings. The molecule has 2 aromatic heterocycles. The van der Waals surface area contributed by atoms with Crippen molar-refractivity contribution in [1.29, 1.82) is 0 Å². The van der Waals surface area contributed by atoms with Gasteiger partial charge in [0.15, 0.2) is 0 Å². The Balaban J connectivity index is 1.96. The van der Waals surface area contributed by atoms with E-state index in [0.717, 1.165) is 19.3 Å². The van der Waals surface area contributed by atoms with Gasteiger partial charge in [0.05, 0.1) is 5.69 Å². The lowest BCUT2D eigenvalue weighted by Gasteiger charge is -2.14. The highest BCUT2D eigenvalue weighted by Crippen LogP contribution is 2.14. The van der Waals surface area contributed by atoms with Gasteiger partial charge in [-0.15, -0.1) is 11.3 Å². The van der Waals surface area contributed by atoms with Gasteiger partial charge in [0.25, 0.3) is 0 Å². The Kier molecular flexibility index (Phi) is 5.16. The number of likely N-dealkylation sites (N-methyl/N-ethyl adjacent to an activating group) is 1. The second kappa shape index (κ2) is 6.87. The number of rotatable bonds is 7. The first-order valence-electron chi connectivity index (χ1n) is 6.96. The van der Waals surface area contributed by atoms with E-state index >= 15 is 0 Å². The molecule has 104 valence electrons. The summed E-state index contributed by atoms with van der Waals surface area (Å²) in [6.07, 6.45) is 5.27. The van der Waals surface area contributed by atoms with Crippen LogP contribution < -0.4 is 5.32 Å². The van der Waals surface area contributed by atoms with E-state index in [0.29, 0.717) is 12.1 Å². The minimum atomic E-state index is 0.457. The van der Waals surface area contributed by atoms with Crippen molar-refractivity contribution in [1.82, 2.24) is 15.1 Å². The van der Waals surface area contributed by atoms with Crippen LogP contribution in [0.3, 0.4) is 0 Å². The summed E-state index contributed by atoms with van der Waals surface area (Å²) in [7, 11) is 2.03. The second-order valence-corrected chi connectivity index (χ2v) is 6.05. The highest BCUT2D eigenvalue weighted by molar-refractivity contribution is 7.09. The van der Waals surface area contributed by atoms with Gasteiger partial charge in [-0.1, -0.05) is 13.0 Å². The second-order valence-electron chi connectivity index (χ2n) is 5.02. The third-order valence-corrected chi connectivity index (χ3v) is 4.50. The highest BCUT2D eigenvalue weighted by Gasteiger charge is 2.12. The third kappa shape index (κ3) is 3.91. The van der Waals surface area contributed by atoms with Crippen LogP contribution in [0.1, 0.15) is 36.9 Å². The van der Waals surface area contributed by atoms with Gasteiger partial charge >= 0.3 is 0 Å². The zero-order valence-electron chi connectivity index (χ0n) is 12.0. The summed E-state index contributed by atoms with van der Waals surface area (Å²) in [5.41, 5.74) is 1.18. The van der Waals surface area contributed by atoms with E-state index in [1.165, 1.54) is 10.6 Å². The number of nitrogens with zero attached hydrogens (tertiary/aromatic N) is 2. The molecule has 0 amide bonds. The van der Waals surface area contributed by atoms with Crippen LogP contribution in [-0.4, -0.2) is 22.9 Å². The van der Waals surface area contributed by atoms with Gasteiger partial charge in [0, 0.05) is 29.6 Å². The molecule has 19 heavy (non-hydrogen) atoms. The Morgan fingerprint density at radius 1 is 1.37 bits per heavy atom. The molecule has 2 aromatic rings. The Morgan fingerprint density at radius 3 is 2.84 bits per heavy atom. The maximum Gasteiger partial charge on any atom is 0.0640 e. The molecule has 0 fully saturated rings. The van der Waals surface area contributed by atoms with Crippen LogP contribution >= 0.6 is 11.3 Å². The number of hydrogen-bond acceptors (Lipinski definition) is 3. The van der Waals surface area contributed by atoms with Crippen LogP contribution in [-0.2, 0) is 12.8 Å². The first-order valence-corrected chi connectivity index (χ1v) is 7.84. The molecule has 0 aromatic carbocycles. The fourth-order valence-corrected chi connectivity index (χ4v) is 2.91. The smallest absolute Gasteiger partial charge is 0.0640 e. The van der Waals surface area contributed by atoms with Gasteiger partial charge in [0.1, 0.15) is 0 Å². The summed E-state index contributed by atoms with van der Waals surface area (Å²) in [5, 5.41) is 10.2. The van der Waals surface area contributed by atoms with Gasteiger partial charge in [-0.05, 0) is 44.3 Å². The summed E-state index contributed by atoms with van der Waals surface area (Å²) in [4.78, 5) is 1.43. The molecule has 3 nitrogen and oxygen atoms in total. The van der Waals surface area contributed by atoms with E-state index < -0.39 is 0 Å². The van der Waals surface area contributed by atoms with E-state index in [4.69, 9.17) is 0 Å². The van der Waals surface area contributed by atoms with Crippen LogP contribution in [0.15, 0.2) is 29.8 Å². The molecular weight excluding hydrogens is 254 g/mol. The molecule has 0 spiro atoms. The van der Waals surface area contributed by atoms with Gasteiger partial charge in [-0.25, -0.2) is 0 Å². The maximum absolute atomic E-state index is 4.68. The monoisotopic (exact) mass is 277 g/mol. The summed E-state index contributed by atoms with van der Waals surface area (Å²) >= 11 is 1.83. The standard InChI is InChI=1S/C15H23N3S/c1-4-12(2)18-8-7-13(17-18)10-14(16-3)11-15-6-5-9-19-15/h5-9,12,14,16H,4,10-11H2,1-3H3. The fraction of sp³-hybridized carbons (Fsp3) is 0.533. The summed E-state index contributed by atoms with van der Waals surface area (Å²) in [5.74, 6) is 0. The van der Waals surface area contributed by atoms with Crippen LogP contribution in [0.25, 0.3) is 0 Å². The minimum Gasteiger partial charge on any atom is -0.316 e. The molecular formula is C15H23N3S. The van der Waals surface area contributed by atoms with Crippen molar-refractivity contribution in [3.05, 3.63) is 40.3 Å². The average Bonchev–Trinajstić information content (AvgIpc) is 3.08. The van der Waals surface area contributed by atoms with Crippen molar-refractivity contribution in [2.45, 2.75) is 45.2 Å². The SMILES string of the molecule is CCC(C)n1ccc(CC(Cc2cccs2)NC)n1. The van der Waals surface area contributed by atoms with Crippen molar-refractivity contribution in [3.63, 3.8) is 0 Å². The van der Waals surface area contributed by atoms with Gasteiger partial charge in [-0.2, -0.15) is 5.10 Å². The van der Waals surface area contributed by atoms with Gasteiger partial charge in [-0.3, -0.25) is 4.68 Å². The molecule has 4 heteroatoms. The van der Waals surface area contributed by atoms with Crippen LogP contribution in [0.5, 0.6) is 0 Å². The summed E-state index contributed by atoms with van der Waals surface area (Å²) in [6.45, 7) is 4.40. The highest BCUT2D eigenvalue weighted by atomic mass is 32.1. The molecule has 2 rings (SSSR count). The Hall–Kier alpha value is -1.13. The van der Waals surface area contributed by atoms with Gasteiger partial charge < -0.3 is 5.32 Å². The fourth-order valence-electron chi connectivity index (χ4n) is 2.12. The van der Waals surface area contributed by atoms with Crippen LogP contribution in [0.2, 0.25) is 0 Å². The number of thiophene rings is 1. The molecule has 0 aliphatic heterocycles. The Morgan fingerprint density at radius 2 is 2.21 bits per heavy atom. The molecule has 0 bridgehead atoms. The number of nitrogens with one attached hydrogen (secondary N) is 1. The molecule has 0 saturated heterocycles. The van der Waals surface area contributed by atoms with Crippen LogP contribution in [0.4, 0.5) is 0 Å². The molecule has 2 unspecified atom stereocenters. The third-order valence-electron chi connectivity index (χ3n) is 3.60. The minimum absolute atomic E-state index is 0.457. The predicted molar refractivity (Wildman–Crippen MR) is 81.8 cm³/mol. The first kappa shape index (κ1) is 14.3. The van der Waals surface area contributed by atoms with Crippen molar-refractivity contribution >= 4 is 11.3 Å². The molecule has 0 aliphatic carbocycles. The molecule has 0 radical (unpaired) electrons. The summed E-state index contributed by atoms with van der Waals surface area (Å²) in [6, 6.07) is 7.40.